The molecule has 492 valence electrons. The molecule has 0 amide bonds. The molecule has 0 atom stereocenters. The van der Waals surface area contributed by atoms with Crippen LogP contribution in [0.25, 0.3) is 38.8 Å². The zero-order valence-corrected chi connectivity index (χ0v) is 55.5. The molecule has 0 N–H and O–H groups in total. The second kappa shape index (κ2) is 40.7. The highest BCUT2D eigenvalue weighted by Gasteiger charge is 2.18. The van der Waals surface area contributed by atoms with E-state index in [9.17, 15) is 0 Å². The van der Waals surface area contributed by atoms with Crippen LogP contribution in [-0.2, 0) is 23.5 Å². The molecule has 10 aromatic carbocycles. The summed E-state index contributed by atoms with van der Waals surface area (Å²) in [4.78, 5) is 26.9. The number of nitrogens with zero attached hydrogens (tertiary/aromatic N) is 8. The topological polar surface area (TPSA) is 90.3 Å². The second-order valence-corrected chi connectivity index (χ2v) is 21.7. The maximum absolute atomic E-state index is 7.34. The first-order chi connectivity index (χ1) is 45.6. The summed E-state index contributed by atoms with van der Waals surface area (Å²) in [6.45, 7) is 65.6. The Labute approximate surface area is 603 Å². The lowest BCUT2D eigenvalue weighted by atomic mass is 10.1. The van der Waals surface area contributed by atoms with Crippen molar-refractivity contribution in [1.82, 2.24) is 0 Å². The first-order valence-electron chi connectivity index (χ1n) is 28.3. The molecule has 14 nitrogen and oxygen atoms in total. The van der Waals surface area contributed by atoms with Crippen LogP contribution in [0.15, 0.2) is 194 Å². The van der Waals surface area contributed by atoms with Gasteiger partial charge in [0, 0.05) is 20.7 Å². The van der Waals surface area contributed by atoms with Crippen LogP contribution in [-0.4, -0.2) is 0 Å². The van der Waals surface area contributed by atoms with Crippen molar-refractivity contribution in [1.29, 1.82) is 0 Å². The fourth-order valence-electron chi connectivity index (χ4n) is 8.19. The Bertz CT molecular complexity index is 4200. The third-order valence-corrected chi connectivity index (χ3v) is 15.3. The van der Waals surface area contributed by atoms with E-state index in [1.807, 2.05) is 159 Å². The lowest BCUT2D eigenvalue weighted by Crippen LogP contribution is -1.91. The second-order valence-electron chi connectivity index (χ2n) is 19.8. The minimum absolute atomic E-state index is 0. The normalized spacial score (nSPS) is 9.39. The van der Waals surface area contributed by atoms with Crippen molar-refractivity contribution < 1.29 is 28.4 Å². The Balaban J connectivity index is 0.000000346. The molecular weight excluding hydrogens is 1400 g/mol. The van der Waals surface area contributed by atoms with Crippen molar-refractivity contribution in [3.63, 3.8) is 0 Å². The van der Waals surface area contributed by atoms with Crippen LogP contribution in [0.3, 0.4) is 0 Å². The Morgan fingerprint density at radius 3 is 0.602 bits per heavy atom. The first-order valence-corrected chi connectivity index (χ1v) is 31.3. The molecule has 0 unspecified atom stereocenters. The zero-order valence-electron chi connectivity index (χ0n) is 50.8. The Morgan fingerprint density at radius 1 is 0.276 bits per heavy atom. The minimum Gasteiger partial charge on any atom is -0.455 e. The van der Waals surface area contributed by atoms with Gasteiger partial charge in [0.2, 0.25) is 0 Å². The van der Waals surface area contributed by atoms with Gasteiger partial charge in [0.25, 0.3) is 0 Å². The molecule has 0 heterocycles. The zero-order chi connectivity index (χ0) is 67.5. The summed E-state index contributed by atoms with van der Waals surface area (Å²) < 4.78 is 35.8. The first kappa shape index (κ1) is 80.7. The summed E-state index contributed by atoms with van der Waals surface area (Å²) in [5, 5.41) is 2.12. The maximum atomic E-state index is 7.34. The van der Waals surface area contributed by atoms with Gasteiger partial charge >= 0.3 is 0 Å². The SMILES string of the molecule is C.C.C.C.[C-]#[N+]c1cc(Cl)c(Cl)cc1[N+]#[C-].[C-]#[N+]c1cc(Oc2ccc(C)cc2)c(Oc2ccc(C)cc2)cc1[N+]#[C-].[C-]#[N+]c1cc(Oc2ccc(CBr)cc2)c(Oc2ccc(CBr)cc2)cc1[N+]#[C-].[C-]#[N+]c1cc(Oc2ccc(CC)cc2)c(Oc2ccc(CC)cc2)cc1[N+]#[C-]. The molecule has 18 heteroatoms. The number of halogens is 4. The van der Waals surface area contributed by atoms with Gasteiger partial charge < -0.3 is 28.4 Å². The van der Waals surface area contributed by atoms with Crippen molar-refractivity contribution in [2.75, 3.05) is 0 Å². The third-order valence-electron chi connectivity index (χ3n) is 13.3. The molecule has 0 aliphatic heterocycles. The van der Waals surface area contributed by atoms with Crippen LogP contribution in [0.4, 0.5) is 45.5 Å². The lowest BCUT2D eigenvalue weighted by Gasteiger charge is -2.14. The average Bonchev–Trinajstić information content (AvgIpc) is 0.830. The number of rotatable bonds is 16. The molecule has 98 heavy (non-hydrogen) atoms. The summed E-state index contributed by atoms with van der Waals surface area (Å²) in [5.41, 5.74) is 8.80. The van der Waals surface area contributed by atoms with Crippen molar-refractivity contribution >= 4 is 101 Å². The third kappa shape index (κ3) is 22.8. The summed E-state index contributed by atoms with van der Waals surface area (Å²) in [6, 6.07) is 58.0. The molecule has 0 fully saturated rings. The molecule has 0 aromatic heterocycles. The van der Waals surface area contributed by atoms with Crippen molar-refractivity contribution in [2.45, 2.75) is 80.9 Å². The standard InChI is InChI=1S/C24H20N2O2.C22H14Br2N2O2.C22H16N2O2.C8H2Cl2N2.4CH4/c1-5-17-7-11-19(12-8-17)27-23-15-21(25-3)22(26-4)16-24(23)28-20-13-9-18(6-2)10-14-20;1-25-19-11-21(27-17-7-3-15(13-23)4-8-17)22(12-20(19)26-2)28-18-9-5-16(14-24)6-10-18;1-15-5-9-17(10-6-15)25-21-13-19(23-3)20(24-4)14-22(21)26-18-11-7-16(2)8-12-18;1-11-7-3-5(9)6(10)4-8(7)12-2;;;;/h7-16H,5-6H2,1-2H3;3-12H,13-14H2;5-14H,1-2H3;3-4H;4*1H4. The van der Waals surface area contributed by atoms with Crippen molar-refractivity contribution in [2.24, 2.45) is 0 Å². The molecule has 0 spiro atoms. The van der Waals surface area contributed by atoms with E-state index >= 15 is 0 Å². The highest BCUT2D eigenvalue weighted by Crippen LogP contribution is 2.47. The van der Waals surface area contributed by atoms with Gasteiger partial charge in [-0.25, -0.2) is 29.1 Å². The van der Waals surface area contributed by atoms with E-state index in [0.29, 0.717) is 79.0 Å². The van der Waals surface area contributed by atoms with Crippen LogP contribution in [0, 0.1) is 66.4 Å². The van der Waals surface area contributed by atoms with Gasteiger partial charge in [0.05, 0.1) is 52.6 Å². The predicted octanol–water partition coefficient (Wildman–Crippen LogP) is 29.3. The molecule has 0 saturated carbocycles. The highest BCUT2D eigenvalue weighted by atomic mass is 79.9. The van der Waals surface area contributed by atoms with Crippen LogP contribution in [0.2, 0.25) is 10.0 Å². The van der Waals surface area contributed by atoms with Crippen molar-refractivity contribution in [3.8, 4) is 69.0 Å². The number of hydrogen-bond donors (Lipinski definition) is 0. The van der Waals surface area contributed by atoms with Crippen LogP contribution < -0.4 is 28.4 Å². The average molecular weight is 1470 g/mol. The number of alkyl halides is 2. The fraction of sp³-hybridized carbons (Fsp3) is 0.150. The van der Waals surface area contributed by atoms with E-state index < -0.39 is 0 Å². The number of aryl methyl sites for hydroxylation is 4. The van der Waals surface area contributed by atoms with Gasteiger partial charge in [0.1, 0.15) is 34.5 Å². The van der Waals surface area contributed by atoms with Crippen LogP contribution in [0.1, 0.15) is 76.9 Å². The van der Waals surface area contributed by atoms with E-state index in [1.165, 1.54) is 23.3 Å². The van der Waals surface area contributed by atoms with E-state index in [0.717, 1.165) is 45.8 Å². The Kier molecular flexibility index (Phi) is 33.5. The molecular formula is C80H68Br2Cl2N8O6. The quantitative estimate of drug-likeness (QED) is 0.0707. The number of benzene rings is 10. The van der Waals surface area contributed by atoms with Crippen molar-refractivity contribution in [3.05, 3.63) is 329 Å². The molecule has 0 saturated heterocycles. The van der Waals surface area contributed by atoms with Gasteiger partial charge in [-0.05, 0) is 170 Å². The number of hydrogen-bond acceptors (Lipinski definition) is 6. The summed E-state index contributed by atoms with van der Waals surface area (Å²) in [5.74, 6) is 6.18. The predicted molar refractivity (Wildman–Crippen MR) is 405 cm³/mol. The molecule has 0 aliphatic rings. The molecule has 0 bridgehead atoms. The fourth-order valence-corrected chi connectivity index (χ4v) is 9.25. The van der Waals surface area contributed by atoms with Gasteiger partial charge in [-0.1, -0.05) is 183 Å². The minimum atomic E-state index is 0. The van der Waals surface area contributed by atoms with Gasteiger partial charge in [-0.3, -0.25) is 9.69 Å². The van der Waals surface area contributed by atoms with Gasteiger partial charge in [-0.2, -0.15) is 0 Å². The monoisotopic (exact) mass is 1460 g/mol. The largest absolute Gasteiger partial charge is 0.455 e. The van der Waals surface area contributed by atoms with Gasteiger partial charge in [0.15, 0.2) is 80.0 Å². The lowest BCUT2D eigenvalue weighted by molar-refractivity contribution is 0.419. The maximum Gasteiger partial charge on any atom is 0.198 e. The Hall–Kier alpha value is -11.5. The molecule has 0 radical (unpaired) electrons. The van der Waals surface area contributed by atoms with Crippen LogP contribution >= 0.6 is 55.1 Å². The van der Waals surface area contributed by atoms with E-state index in [-0.39, 0.29) is 75.2 Å². The summed E-state index contributed by atoms with van der Waals surface area (Å²) in [7, 11) is 0. The van der Waals surface area contributed by atoms with E-state index in [4.69, 9.17) is 104 Å². The molecule has 10 aromatic rings. The summed E-state index contributed by atoms with van der Waals surface area (Å²) >= 11 is 18.1. The molecule has 0 aliphatic carbocycles. The van der Waals surface area contributed by atoms with E-state index in [2.05, 4.69) is 84.5 Å². The van der Waals surface area contributed by atoms with E-state index in [1.54, 1.807) is 36.4 Å². The van der Waals surface area contributed by atoms with Gasteiger partial charge in [-0.15, -0.1) is 0 Å². The van der Waals surface area contributed by atoms with Crippen LogP contribution in [0.5, 0.6) is 69.0 Å². The smallest absolute Gasteiger partial charge is 0.198 e. The Morgan fingerprint density at radius 2 is 0.439 bits per heavy atom. The molecule has 10 rings (SSSR count). The number of ether oxygens (including phenoxy) is 6. The highest BCUT2D eigenvalue weighted by molar-refractivity contribution is 9.08. The summed E-state index contributed by atoms with van der Waals surface area (Å²) in [6.07, 6.45) is 1.90.